The van der Waals surface area contributed by atoms with Gasteiger partial charge in [-0.3, -0.25) is 9.78 Å². The van der Waals surface area contributed by atoms with Gasteiger partial charge in [-0.15, -0.1) is 0 Å². The van der Waals surface area contributed by atoms with Gasteiger partial charge in [-0.05, 0) is 32.0 Å². The molecule has 0 saturated carbocycles. The van der Waals surface area contributed by atoms with E-state index in [1.807, 2.05) is 25.1 Å². The zero-order chi connectivity index (χ0) is 11.1. The molecule has 0 aromatic carbocycles. The van der Waals surface area contributed by atoms with Crippen molar-refractivity contribution < 1.29 is 9.90 Å². The first-order valence-electron chi connectivity index (χ1n) is 5.03. The Hall–Kier alpha value is -1.42. The van der Waals surface area contributed by atoms with E-state index in [2.05, 4.69) is 10.3 Å². The smallest absolute Gasteiger partial charge is 0.303 e. The van der Waals surface area contributed by atoms with Crippen LogP contribution in [0.15, 0.2) is 18.2 Å². The second kappa shape index (κ2) is 6.14. The zero-order valence-corrected chi connectivity index (χ0v) is 8.86. The Labute approximate surface area is 89.3 Å². The van der Waals surface area contributed by atoms with Crippen molar-refractivity contribution in [2.75, 3.05) is 6.54 Å². The third-order valence-electron chi connectivity index (χ3n) is 2.00. The monoisotopic (exact) mass is 208 g/mol. The molecule has 0 unspecified atom stereocenters. The van der Waals surface area contributed by atoms with Crippen molar-refractivity contribution in [3.05, 3.63) is 29.6 Å². The van der Waals surface area contributed by atoms with E-state index < -0.39 is 5.97 Å². The highest BCUT2D eigenvalue weighted by Crippen LogP contribution is 1.97. The van der Waals surface area contributed by atoms with E-state index in [1.165, 1.54) is 0 Å². The zero-order valence-electron chi connectivity index (χ0n) is 8.86. The molecule has 0 bridgehead atoms. The Morgan fingerprint density at radius 3 is 3.00 bits per heavy atom. The van der Waals surface area contributed by atoms with Crippen LogP contribution in [-0.2, 0) is 11.3 Å². The van der Waals surface area contributed by atoms with E-state index in [4.69, 9.17) is 5.11 Å². The minimum absolute atomic E-state index is 0.217. The summed E-state index contributed by atoms with van der Waals surface area (Å²) in [6.45, 7) is 3.36. The molecule has 2 N–H and O–H groups in total. The molecule has 4 heteroatoms. The van der Waals surface area contributed by atoms with Crippen molar-refractivity contribution in [3.8, 4) is 0 Å². The highest BCUT2D eigenvalue weighted by Gasteiger charge is 1.97. The molecule has 0 aliphatic carbocycles. The van der Waals surface area contributed by atoms with Crippen LogP contribution in [0.1, 0.15) is 24.2 Å². The van der Waals surface area contributed by atoms with Crippen LogP contribution in [0.2, 0.25) is 0 Å². The quantitative estimate of drug-likeness (QED) is 0.693. The predicted octanol–water partition coefficient (Wildman–Crippen LogP) is 1.34. The third kappa shape index (κ3) is 5.12. The van der Waals surface area contributed by atoms with Crippen LogP contribution in [0.3, 0.4) is 0 Å². The van der Waals surface area contributed by atoms with E-state index >= 15 is 0 Å². The first-order chi connectivity index (χ1) is 7.18. The molecule has 4 nitrogen and oxygen atoms in total. The number of carboxylic acid groups (broad SMARTS) is 1. The SMILES string of the molecule is Cc1cccc(CNCCCC(=O)O)n1. The van der Waals surface area contributed by atoms with Gasteiger partial charge in [0.2, 0.25) is 0 Å². The topological polar surface area (TPSA) is 62.2 Å². The number of nitrogens with zero attached hydrogens (tertiary/aromatic N) is 1. The molecule has 0 atom stereocenters. The number of aryl methyl sites for hydroxylation is 1. The Morgan fingerprint density at radius 2 is 2.33 bits per heavy atom. The molecule has 1 rings (SSSR count). The molecule has 1 aromatic heterocycles. The average molecular weight is 208 g/mol. The van der Waals surface area contributed by atoms with Gasteiger partial charge in [0.05, 0.1) is 5.69 Å². The molecule has 0 aliphatic heterocycles. The molecule has 15 heavy (non-hydrogen) atoms. The second-order valence-electron chi connectivity index (χ2n) is 3.44. The number of hydrogen-bond donors (Lipinski definition) is 2. The van der Waals surface area contributed by atoms with Gasteiger partial charge in [-0.1, -0.05) is 6.07 Å². The molecule has 0 radical (unpaired) electrons. The van der Waals surface area contributed by atoms with Gasteiger partial charge in [0, 0.05) is 18.7 Å². The van der Waals surface area contributed by atoms with Gasteiger partial charge in [-0.25, -0.2) is 0 Å². The maximum absolute atomic E-state index is 10.2. The first-order valence-corrected chi connectivity index (χ1v) is 5.03. The summed E-state index contributed by atoms with van der Waals surface area (Å²) in [7, 11) is 0. The molecular weight excluding hydrogens is 192 g/mol. The Bertz CT molecular complexity index is 326. The molecular formula is C11H16N2O2. The lowest BCUT2D eigenvalue weighted by molar-refractivity contribution is -0.137. The maximum Gasteiger partial charge on any atom is 0.303 e. The fraction of sp³-hybridized carbons (Fsp3) is 0.455. The van der Waals surface area contributed by atoms with Crippen LogP contribution in [0.4, 0.5) is 0 Å². The van der Waals surface area contributed by atoms with Gasteiger partial charge >= 0.3 is 5.97 Å². The Kier molecular flexibility index (Phi) is 4.77. The number of nitrogens with one attached hydrogen (secondary N) is 1. The summed E-state index contributed by atoms with van der Waals surface area (Å²) in [6, 6.07) is 5.88. The summed E-state index contributed by atoms with van der Waals surface area (Å²) in [5.74, 6) is -0.745. The maximum atomic E-state index is 10.2. The Balaban J connectivity index is 2.17. The standard InChI is InChI=1S/C11H16N2O2/c1-9-4-2-5-10(13-9)8-12-7-3-6-11(14)15/h2,4-5,12H,3,6-8H2,1H3,(H,14,15). The number of aromatic nitrogens is 1. The van der Waals surface area contributed by atoms with Crippen LogP contribution in [0.25, 0.3) is 0 Å². The summed E-state index contributed by atoms with van der Waals surface area (Å²) in [5.41, 5.74) is 1.99. The normalized spacial score (nSPS) is 10.2. The average Bonchev–Trinajstić information content (AvgIpc) is 2.17. The summed E-state index contributed by atoms with van der Waals surface area (Å²) in [5, 5.41) is 11.6. The van der Waals surface area contributed by atoms with Crippen molar-refractivity contribution >= 4 is 5.97 Å². The van der Waals surface area contributed by atoms with Gasteiger partial charge in [0.1, 0.15) is 0 Å². The molecule has 0 aliphatic rings. The number of carbonyl (C=O) groups is 1. The second-order valence-corrected chi connectivity index (χ2v) is 3.44. The van der Waals surface area contributed by atoms with E-state index in [0.29, 0.717) is 19.5 Å². The first kappa shape index (κ1) is 11.7. The van der Waals surface area contributed by atoms with Crippen LogP contribution in [0.5, 0.6) is 0 Å². The predicted molar refractivity (Wildman–Crippen MR) is 57.6 cm³/mol. The van der Waals surface area contributed by atoms with Gasteiger partial charge in [-0.2, -0.15) is 0 Å². The highest BCUT2D eigenvalue weighted by atomic mass is 16.4. The number of pyridine rings is 1. The highest BCUT2D eigenvalue weighted by molar-refractivity contribution is 5.66. The number of carboxylic acids is 1. The number of hydrogen-bond acceptors (Lipinski definition) is 3. The summed E-state index contributed by atoms with van der Waals surface area (Å²) < 4.78 is 0. The van der Waals surface area contributed by atoms with Crippen LogP contribution in [0, 0.1) is 6.92 Å². The van der Waals surface area contributed by atoms with Gasteiger partial charge in [0.15, 0.2) is 0 Å². The van der Waals surface area contributed by atoms with Crippen LogP contribution < -0.4 is 5.32 Å². The van der Waals surface area contributed by atoms with Crippen LogP contribution in [-0.4, -0.2) is 22.6 Å². The molecule has 1 heterocycles. The summed E-state index contributed by atoms with van der Waals surface area (Å²) in [6.07, 6.45) is 0.870. The van der Waals surface area contributed by atoms with Crippen molar-refractivity contribution in [2.24, 2.45) is 0 Å². The number of aliphatic carboxylic acids is 1. The van der Waals surface area contributed by atoms with Gasteiger partial charge < -0.3 is 10.4 Å². The van der Waals surface area contributed by atoms with E-state index in [9.17, 15) is 4.79 Å². The fourth-order valence-corrected chi connectivity index (χ4v) is 1.28. The van der Waals surface area contributed by atoms with Crippen molar-refractivity contribution in [2.45, 2.75) is 26.3 Å². The minimum atomic E-state index is -0.745. The lowest BCUT2D eigenvalue weighted by Gasteiger charge is -2.03. The molecule has 0 spiro atoms. The lowest BCUT2D eigenvalue weighted by atomic mass is 10.3. The lowest BCUT2D eigenvalue weighted by Crippen LogP contribution is -2.16. The Morgan fingerprint density at radius 1 is 1.53 bits per heavy atom. The van der Waals surface area contributed by atoms with Crippen molar-refractivity contribution in [1.29, 1.82) is 0 Å². The number of rotatable bonds is 6. The van der Waals surface area contributed by atoms with Crippen molar-refractivity contribution in [1.82, 2.24) is 10.3 Å². The van der Waals surface area contributed by atoms with Crippen molar-refractivity contribution in [3.63, 3.8) is 0 Å². The molecule has 0 fully saturated rings. The summed E-state index contributed by atoms with van der Waals surface area (Å²) in [4.78, 5) is 14.6. The van der Waals surface area contributed by atoms with Crippen LogP contribution >= 0.6 is 0 Å². The molecule has 82 valence electrons. The summed E-state index contributed by atoms with van der Waals surface area (Å²) >= 11 is 0. The molecule has 0 amide bonds. The third-order valence-corrected chi connectivity index (χ3v) is 2.00. The molecule has 1 aromatic rings. The van der Waals surface area contributed by atoms with E-state index in [0.717, 1.165) is 11.4 Å². The van der Waals surface area contributed by atoms with E-state index in [-0.39, 0.29) is 6.42 Å². The largest absolute Gasteiger partial charge is 0.481 e. The van der Waals surface area contributed by atoms with Gasteiger partial charge in [0.25, 0.3) is 0 Å². The minimum Gasteiger partial charge on any atom is -0.481 e. The molecule has 0 saturated heterocycles. The fourth-order valence-electron chi connectivity index (χ4n) is 1.28. The van der Waals surface area contributed by atoms with E-state index in [1.54, 1.807) is 0 Å².